The highest BCUT2D eigenvalue weighted by Gasteiger charge is 2.06. The molecule has 0 spiro atoms. The number of benzene rings is 1. The van der Waals surface area contributed by atoms with Crippen LogP contribution < -0.4 is 0 Å². The molecule has 0 radical (unpaired) electrons. The van der Waals surface area contributed by atoms with Gasteiger partial charge in [-0.15, -0.1) is 0 Å². The lowest BCUT2D eigenvalue weighted by atomic mass is 10.1. The molecule has 1 heterocycles. The summed E-state index contributed by atoms with van der Waals surface area (Å²) in [6.07, 6.45) is 3.61. The standard InChI is InChI=1S/C16H16ClNO/c1-2-12-5-8-15(18-11-12)10-16(19)9-13-3-6-14(17)7-4-13/h3-8,11H,2,9-10H2,1H3. The summed E-state index contributed by atoms with van der Waals surface area (Å²) in [6.45, 7) is 2.09. The second kappa shape index (κ2) is 6.48. The second-order valence-corrected chi connectivity index (χ2v) is 4.97. The molecule has 0 aliphatic carbocycles. The average molecular weight is 274 g/mol. The first-order chi connectivity index (χ1) is 9.17. The highest BCUT2D eigenvalue weighted by atomic mass is 35.5. The topological polar surface area (TPSA) is 30.0 Å². The van der Waals surface area contributed by atoms with E-state index in [1.807, 2.05) is 30.5 Å². The van der Waals surface area contributed by atoms with Crippen molar-refractivity contribution in [2.75, 3.05) is 0 Å². The summed E-state index contributed by atoms with van der Waals surface area (Å²) in [6, 6.07) is 11.3. The molecule has 2 nitrogen and oxygen atoms in total. The lowest BCUT2D eigenvalue weighted by Crippen LogP contribution is -2.07. The number of pyridine rings is 1. The highest BCUT2D eigenvalue weighted by molar-refractivity contribution is 6.30. The van der Waals surface area contributed by atoms with Gasteiger partial charge in [0.1, 0.15) is 5.78 Å². The molecule has 98 valence electrons. The lowest BCUT2D eigenvalue weighted by Gasteiger charge is -2.03. The van der Waals surface area contributed by atoms with Gasteiger partial charge in [0.25, 0.3) is 0 Å². The molecule has 1 aromatic heterocycles. The molecule has 2 aromatic rings. The molecule has 0 amide bonds. The van der Waals surface area contributed by atoms with E-state index in [2.05, 4.69) is 11.9 Å². The number of ketones is 1. The Morgan fingerprint density at radius 1 is 1.05 bits per heavy atom. The predicted molar refractivity (Wildman–Crippen MR) is 77.5 cm³/mol. The van der Waals surface area contributed by atoms with Crippen LogP contribution >= 0.6 is 11.6 Å². The summed E-state index contributed by atoms with van der Waals surface area (Å²) < 4.78 is 0. The van der Waals surface area contributed by atoms with E-state index in [9.17, 15) is 4.79 Å². The van der Waals surface area contributed by atoms with Crippen molar-refractivity contribution < 1.29 is 4.79 Å². The molecule has 0 N–H and O–H groups in total. The summed E-state index contributed by atoms with van der Waals surface area (Å²) in [5.41, 5.74) is 3.00. The Bertz CT molecular complexity index is 546. The van der Waals surface area contributed by atoms with Gasteiger partial charge in [0.05, 0.1) is 0 Å². The van der Waals surface area contributed by atoms with Crippen LogP contribution in [0.2, 0.25) is 5.02 Å². The summed E-state index contributed by atoms with van der Waals surface area (Å²) in [5, 5.41) is 0.688. The third-order valence-corrected chi connectivity index (χ3v) is 3.24. The number of Topliss-reactive ketones (excluding diaryl/α,β-unsaturated/α-hetero) is 1. The molecule has 0 bridgehead atoms. The molecule has 0 atom stereocenters. The number of carbonyl (C=O) groups excluding carboxylic acids is 1. The molecule has 0 aliphatic rings. The smallest absolute Gasteiger partial charge is 0.143 e. The normalized spacial score (nSPS) is 10.4. The lowest BCUT2D eigenvalue weighted by molar-refractivity contribution is -0.117. The number of aryl methyl sites for hydroxylation is 1. The predicted octanol–water partition coefficient (Wildman–Crippen LogP) is 3.65. The van der Waals surface area contributed by atoms with Gasteiger partial charge in [-0.3, -0.25) is 9.78 Å². The minimum atomic E-state index is 0.166. The SMILES string of the molecule is CCc1ccc(CC(=O)Cc2ccc(Cl)cc2)nc1. The van der Waals surface area contributed by atoms with E-state index in [1.165, 1.54) is 5.56 Å². The average Bonchev–Trinajstić information content (AvgIpc) is 2.42. The van der Waals surface area contributed by atoms with Crippen LogP contribution in [0.15, 0.2) is 42.6 Å². The quantitative estimate of drug-likeness (QED) is 0.832. The fourth-order valence-corrected chi connectivity index (χ4v) is 1.99. The Hall–Kier alpha value is -1.67. The largest absolute Gasteiger partial charge is 0.299 e. The van der Waals surface area contributed by atoms with E-state index in [0.717, 1.165) is 17.7 Å². The highest BCUT2D eigenvalue weighted by Crippen LogP contribution is 2.11. The molecule has 0 aliphatic heterocycles. The summed E-state index contributed by atoms with van der Waals surface area (Å²) in [7, 11) is 0. The molecule has 0 saturated heterocycles. The number of halogens is 1. The van der Waals surface area contributed by atoms with Crippen molar-refractivity contribution in [1.82, 2.24) is 4.98 Å². The zero-order chi connectivity index (χ0) is 13.7. The Morgan fingerprint density at radius 3 is 2.32 bits per heavy atom. The van der Waals surface area contributed by atoms with Crippen LogP contribution in [-0.4, -0.2) is 10.8 Å². The Kier molecular flexibility index (Phi) is 4.69. The fourth-order valence-electron chi connectivity index (χ4n) is 1.86. The molecule has 0 fully saturated rings. The van der Waals surface area contributed by atoms with Gasteiger partial charge in [-0.1, -0.05) is 36.7 Å². The summed E-state index contributed by atoms with van der Waals surface area (Å²) in [4.78, 5) is 16.3. The van der Waals surface area contributed by atoms with E-state index in [0.29, 0.717) is 17.9 Å². The van der Waals surface area contributed by atoms with Crippen LogP contribution in [0.3, 0.4) is 0 Å². The fraction of sp³-hybridized carbons (Fsp3) is 0.250. The van der Waals surface area contributed by atoms with Gasteiger partial charge in [-0.2, -0.15) is 0 Å². The maximum Gasteiger partial charge on any atom is 0.143 e. The number of hydrogen-bond acceptors (Lipinski definition) is 2. The number of carbonyl (C=O) groups is 1. The van der Waals surface area contributed by atoms with Crippen molar-refractivity contribution in [2.24, 2.45) is 0 Å². The van der Waals surface area contributed by atoms with Crippen LogP contribution in [0, 0.1) is 0 Å². The third-order valence-electron chi connectivity index (χ3n) is 2.99. The van der Waals surface area contributed by atoms with Gasteiger partial charge in [0.15, 0.2) is 0 Å². The number of aromatic nitrogens is 1. The van der Waals surface area contributed by atoms with Gasteiger partial charge >= 0.3 is 0 Å². The van der Waals surface area contributed by atoms with Crippen LogP contribution in [0.5, 0.6) is 0 Å². The van der Waals surface area contributed by atoms with Crippen LogP contribution in [0.4, 0.5) is 0 Å². The van der Waals surface area contributed by atoms with E-state index < -0.39 is 0 Å². The minimum absolute atomic E-state index is 0.166. The van der Waals surface area contributed by atoms with Crippen molar-refractivity contribution in [1.29, 1.82) is 0 Å². The molecule has 0 saturated carbocycles. The van der Waals surface area contributed by atoms with Crippen molar-refractivity contribution in [3.8, 4) is 0 Å². The van der Waals surface area contributed by atoms with Gasteiger partial charge in [0, 0.05) is 29.8 Å². The first kappa shape index (κ1) is 13.8. The van der Waals surface area contributed by atoms with E-state index in [1.54, 1.807) is 12.1 Å². The number of hydrogen-bond donors (Lipinski definition) is 0. The molecule has 3 heteroatoms. The number of rotatable bonds is 5. The van der Waals surface area contributed by atoms with Gasteiger partial charge in [-0.05, 0) is 35.7 Å². The maximum atomic E-state index is 11.9. The van der Waals surface area contributed by atoms with Gasteiger partial charge < -0.3 is 0 Å². The van der Waals surface area contributed by atoms with Crippen molar-refractivity contribution >= 4 is 17.4 Å². The van der Waals surface area contributed by atoms with E-state index in [4.69, 9.17) is 11.6 Å². The zero-order valence-electron chi connectivity index (χ0n) is 10.9. The first-order valence-corrected chi connectivity index (χ1v) is 6.75. The molecule has 19 heavy (non-hydrogen) atoms. The van der Waals surface area contributed by atoms with Crippen molar-refractivity contribution in [2.45, 2.75) is 26.2 Å². The van der Waals surface area contributed by atoms with Crippen LogP contribution in [0.1, 0.15) is 23.7 Å². The Morgan fingerprint density at radius 2 is 1.74 bits per heavy atom. The van der Waals surface area contributed by atoms with Gasteiger partial charge in [-0.25, -0.2) is 0 Å². The Labute approximate surface area is 118 Å². The minimum Gasteiger partial charge on any atom is -0.299 e. The molecule has 2 rings (SSSR count). The second-order valence-electron chi connectivity index (χ2n) is 4.53. The van der Waals surface area contributed by atoms with E-state index in [-0.39, 0.29) is 5.78 Å². The molecular weight excluding hydrogens is 258 g/mol. The Balaban J connectivity index is 1.95. The maximum absolute atomic E-state index is 11.9. The third kappa shape index (κ3) is 4.18. The first-order valence-electron chi connectivity index (χ1n) is 6.37. The zero-order valence-corrected chi connectivity index (χ0v) is 11.7. The van der Waals surface area contributed by atoms with Crippen LogP contribution in [-0.2, 0) is 24.1 Å². The van der Waals surface area contributed by atoms with E-state index >= 15 is 0 Å². The van der Waals surface area contributed by atoms with Crippen LogP contribution in [0.25, 0.3) is 0 Å². The summed E-state index contributed by atoms with van der Waals surface area (Å²) in [5.74, 6) is 0.166. The van der Waals surface area contributed by atoms with Crippen molar-refractivity contribution in [3.05, 3.63) is 64.4 Å². The summed E-state index contributed by atoms with van der Waals surface area (Å²) >= 11 is 5.81. The molecule has 0 unspecified atom stereocenters. The number of nitrogens with zero attached hydrogens (tertiary/aromatic N) is 1. The molecular formula is C16H16ClNO. The monoisotopic (exact) mass is 273 g/mol. The van der Waals surface area contributed by atoms with Crippen molar-refractivity contribution in [3.63, 3.8) is 0 Å². The molecule has 1 aromatic carbocycles. The van der Waals surface area contributed by atoms with Gasteiger partial charge in [0.2, 0.25) is 0 Å².